The molecule has 1 aromatic carbocycles. The van der Waals surface area contributed by atoms with E-state index in [2.05, 4.69) is 47.1 Å². The Morgan fingerprint density at radius 3 is 2.42 bits per heavy atom. The summed E-state index contributed by atoms with van der Waals surface area (Å²) in [6, 6.07) is 8.56. The molecule has 0 spiro atoms. The summed E-state index contributed by atoms with van der Waals surface area (Å²) >= 11 is 3.58. The van der Waals surface area contributed by atoms with Crippen molar-refractivity contribution in [2.45, 2.75) is 19.8 Å². The van der Waals surface area contributed by atoms with Gasteiger partial charge >= 0.3 is 0 Å². The van der Waals surface area contributed by atoms with Crippen LogP contribution in [0, 0.1) is 6.92 Å². The fourth-order valence-corrected chi connectivity index (χ4v) is 2.15. The van der Waals surface area contributed by atoms with Crippen molar-refractivity contribution < 1.29 is 0 Å². The molecule has 0 fully saturated rings. The van der Waals surface area contributed by atoms with Gasteiger partial charge in [-0.3, -0.25) is 0 Å². The molecule has 1 heteroatoms. The molecule has 1 aliphatic carbocycles. The molecule has 0 saturated carbocycles. The van der Waals surface area contributed by atoms with Gasteiger partial charge in [-0.15, -0.1) is 0 Å². The Bertz CT molecular complexity index is 337. The number of allylic oxidation sites excluding steroid dienone is 2. The van der Waals surface area contributed by atoms with Crippen molar-refractivity contribution in [2.24, 2.45) is 0 Å². The van der Waals surface area contributed by atoms with Gasteiger partial charge in [-0.05, 0) is 40.9 Å². The minimum Gasteiger partial charge on any atom is -0.0620 e. The summed E-state index contributed by atoms with van der Waals surface area (Å²) in [5.41, 5.74) is 4.29. The summed E-state index contributed by atoms with van der Waals surface area (Å²) in [5, 5.41) is 0. The third-order valence-electron chi connectivity index (χ3n) is 2.39. The van der Waals surface area contributed by atoms with Crippen LogP contribution in [0.4, 0.5) is 0 Å². The van der Waals surface area contributed by atoms with Gasteiger partial charge in [0.1, 0.15) is 0 Å². The molecular weight excluding hydrogens is 212 g/mol. The zero-order valence-electron chi connectivity index (χ0n) is 7.10. The summed E-state index contributed by atoms with van der Waals surface area (Å²) in [5.74, 6) is 0. The molecule has 0 nitrogen and oxygen atoms in total. The van der Waals surface area contributed by atoms with Crippen LogP contribution in [0.25, 0.3) is 5.57 Å². The molecule has 62 valence electrons. The largest absolute Gasteiger partial charge is 0.0620 e. The van der Waals surface area contributed by atoms with Crippen LogP contribution in [0.5, 0.6) is 0 Å². The van der Waals surface area contributed by atoms with Crippen LogP contribution in [0.3, 0.4) is 0 Å². The molecule has 0 N–H and O–H groups in total. The molecule has 0 aromatic heterocycles. The van der Waals surface area contributed by atoms with Crippen LogP contribution in [0.2, 0.25) is 0 Å². The Morgan fingerprint density at radius 2 is 1.92 bits per heavy atom. The third-order valence-corrected chi connectivity index (χ3v) is 3.27. The maximum Gasteiger partial charge on any atom is -0.000787 e. The van der Waals surface area contributed by atoms with E-state index in [-0.39, 0.29) is 0 Å². The number of hydrogen-bond donors (Lipinski definition) is 0. The van der Waals surface area contributed by atoms with E-state index in [9.17, 15) is 0 Å². The van der Waals surface area contributed by atoms with Gasteiger partial charge in [-0.1, -0.05) is 40.2 Å². The maximum absolute atomic E-state index is 3.58. The van der Waals surface area contributed by atoms with Crippen LogP contribution >= 0.6 is 15.9 Å². The smallest absolute Gasteiger partial charge is 0.000787 e. The van der Waals surface area contributed by atoms with E-state index in [0.29, 0.717) is 0 Å². The first-order valence-electron chi connectivity index (χ1n) is 4.22. The molecule has 0 unspecified atom stereocenters. The summed E-state index contributed by atoms with van der Waals surface area (Å²) in [7, 11) is 0. The van der Waals surface area contributed by atoms with Crippen molar-refractivity contribution in [2.75, 3.05) is 0 Å². The fourth-order valence-electron chi connectivity index (χ4n) is 1.54. The fraction of sp³-hybridized carbons (Fsp3) is 0.273. The molecule has 12 heavy (non-hydrogen) atoms. The Labute approximate surface area is 81.4 Å². The van der Waals surface area contributed by atoms with Gasteiger partial charge in [-0.25, -0.2) is 0 Å². The monoisotopic (exact) mass is 222 g/mol. The number of aryl methyl sites for hydroxylation is 1. The SMILES string of the molecule is Cc1ccccc1C1=C(Br)CC1. The second-order valence-corrected chi connectivity index (χ2v) is 4.16. The van der Waals surface area contributed by atoms with E-state index in [1.165, 1.54) is 34.0 Å². The van der Waals surface area contributed by atoms with Crippen LogP contribution in [0.1, 0.15) is 24.0 Å². The summed E-state index contributed by atoms with van der Waals surface area (Å²) in [4.78, 5) is 0. The molecule has 2 rings (SSSR count). The van der Waals surface area contributed by atoms with Gasteiger partial charge in [0.15, 0.2) is 0 Å². The topological polar surface area (TPSA) is 0 Å². The third kappa shape index (κ3) is 1.22. The van der Waals surface area contributed by atoms with Crippen molar-refractivity contribution in [3.8, 4) is 0 Å². The summed E-state index contributed by atoms with van der Waals surface area (Å²) in [6.07, 6.45) is 2.44. The lowest BCUT2D eigenvalue weighted by Gasteiger charge is -2.20. The number of halogens is 1. The molecule has 0 aliphatic heterocycles. The van der Waals surface area contributed by atoms with E-state index >= 15 is 0 Å². The average molecular weight is 223 g/mol. The van der Waals surface area contributed by atoms with Gasteiger partial charge < -0.3 is 0 Å². The second-order valence-electron chi connectivity index (χ2n) is 3.20. The van der Waals surface area contributed by atoms with E-state index in [1.54, 1.807) is 0 Å². The highest BCUT2D eigenvalue weighted by molar-refractivity contribution is 9.11. The number of rotatable bonds is 1. The van der Waals surface area contributed by atoms with E-state index in [1.807, 2.05) is 0 Å². The van der Waals surface area contributed by atoms with E-state index in [4.69, 9.17) is 0 Å². The molecule has 0 heterocycles. The highest BCUT2D eigenvalue weighted by Gasteiger charge is 2.16. The van der Waals surface area contributed by atoms with Crippen molar-refractivity contribution in [3.63, 3.8) is 0 Å². The van der Waals surface area contributed by atoms with Crippen molar-refractivity contribution >= 4 is 21.5 Å². The average Bonchev–Trinajstić information content (AvgIpc) is 2.06. The highest BCUT2D eigenvalue weighted by Crippen LogP contribution is 2.40. The minimum atomic E-state index is 1.21. The van der Waals surface area contributed by atoms with Crippen LogP contribution < -0.4 is 0 Å². The van der Waals surface area contributed by atoms with Crippen molar-refractivity contribution in [1.29, 1.82) is 0 Å². The normalized spacial score (nSPS) is 16.2. The lowest BCUT2D eigenvalue weighted by Crippen LogP contribution is -1.99. The molecule has 0 atom stereocenters. The van der Waals surface area contributed by atoms with Gasteiger partial charge in [-0.2, -0.15) is 0 Å². The second kappa shape index (κ2) is 3.06. The summed E-state index contributed by atoms with van der Waals surface area (Å²) < 4.78 is 1.39. The molecule has 0 bridgehead atoms. The van der Waals surface area contributed by atoms with Gasteiger partial charge in [0.05, 0.1) is 0 Å². The lowest BCUT2D eigenvalue weighted by atomic mass is 9.89. The molecule has 1 aromatic rings. The minimum absolute atomic E-state index is 1.21. The summed E-state index contributed by atoms with van der Waals surface area (Å²) in [6.45, 7) is 2.17. The highest BCUT2D eigenvalue weighted by atomic mass is 79.9. The van der Waals surface area contributed by atoms with Crippen LogP contribution in [0.15, 0.2) is 28.7 Å². The quantitative estimate of drug-likeness (QED) is 0.677. The first-order valence-corrected chi connectivity index (χ1v) is 5.02. The van der Waals surface area contributed by atoms with Gasteiger partial charge in [0, 0.05) is 0 Å². The zero-order chi connectivity index (χ0) is 8.55. The van der Waals surface area contributed by atoms with Crippen molar-refractivity contribution in [3.05, 3.63) is 39.9 Å². The Balaban J connectivity index is 2.47. The van der Waals surface area contributed by atoms with Crippen molar-refractivity contribution in [1.82, 2.24) is 0 Å². The molecule has 0 amide bonds. The number of benzene rings is 1. The first kappa shape index (κ1) is 8.06. The molecular formula is C11H11Br. The Hall–Kier alpha value is -0.560. The van der Waals surface area contributed by atoms with Crippen LogP contribution in [-0.4, -0.2) is 0 Å². The predicted octanol–water partition coefficient (Wildman–Crippen LogP) is 3.89. The lowest BCUT2D eigenvalue weighted by molar-refractivity contribution is 0.971. The number of hydrogen-bond acceptors (Lipinski definition) is 0. The van der Waals surface area contributed by atoms with E-state index < -0.39 is 0 Å². The first-order chi connectivity index (χ1) is 5.79. The predicted molar refractivity (Wildman–Crippen MR) is 56.3 cm³/mol. The van der Waals surface area contributed by atoms with Crippen LogP contribution in [-0.2, 0) is 0 Å². The van der Waals surface area contributed by atoms with E-state index in [0.717, 1.165) is 0 Å². The van der Waals surface area contributed by atoms with Gasteiger partial charge in [0.2, 0.25) is 0 Å². The Morgan fingerprint density at radius 1 is 1.17 bits per heavy atom. The maximum atomic E-state index is 3.58. The molecule has 1 aliphatic rings. The standard InChI is InChI=1S/C11H11Br/c1-8-4-2-3-5-9(8)10-6-7-11(10)12/h2-5H,6-7H2,1H3. The molecule has 0 saturated heterocycles. The Kier molecular flexibility index (Phi) is 2.05. The van der Waals surface area contributed by atoms with Gasteiger partial charge in [0.25, 0.3) is 0 Å². The molecule has 0 radical (unpaired) electrons. The zero-order valence-corrected chi connectivity index (χ0v) is 8.69.